The molecule has 2 aromatic rings. The van der Waals surface area contributed by atoms with Gasteiger partial charge in [-0.25, -0.2) is 0 Å². The molecule has 0 aliphatic carbocycles. The van der Waals surface area contributed by atoms with Crippen LogP contribution in [0, 0.1) is 0 Å². The largest absolute Gasteiger partial charge is 0.269 e. The van der Waals surface area contributed by atoms with Gasteiger partial charge in [-0.1, -0.05) is 30.0 Å². The molecule has 0 radical (unpaired) electrons. The third-order valence-corrected chi connectivity index (χ3v) is 3.16. The van der Waals surface area contributed by atoms with Gasteiger partial charge in [0.15, 0.2) is 0 Å². The molecule has 2 heterocycles. The summed E-state index contributed by atoms with van der Waals surface area (Å²) in [4.78, 5) is 5.56. The van der Waals surface area contributed by atoms with Gasteiger partial charge in [-0.15, -0.1) is 0 Å². The predicted octanol–water partition coefficient (Wildman–Crippen LogP) is 2.62. The molecule has 1 aromatic carbocycles. The molecular formula is C10H7N3S. The van der Waals surface area contributed by atoms with Crippen LogP contribution in [0.1, 0.15) is 5.56 Å². The normalized spacial score (nSPS) is 13.1. The quantitative estimate of drug-likeness (QED) is 0.607. The number of nitrogens with zero attached hydrogens (tertiary/aromatic N) is 2. The molecule has 1 aliphatic heterocycles. The van der Waals surface area contributed by atoms with E-state index < -0.39 is 0 Å². The highest BCUT2D eigenvalue weighted by atomic mass is 32.2. The van der Waals surface area contributed by atoms with E-state index in [1.54, 1.807) is 18.0 Å². The van der Waals surface area contributed by atoms with Crippen molar-refractivity contribution in [1.82, 2.24) is 10.2 Å². The van der Waals surface area contributed by atoms with E-state index in [4.69, 9.17) is 0 Å². The molecule has 14 heavy (non-hydrogen) atoms. The molecule has 0 amide bonds. The highest BCUT2D eigenvalue weighted by molar-refractivity contribution is 7.99. The lowest BCUT2D eigenvalue weighted by Gasteiger charge is -1.99. The van der Waals surface area contributed by atoms with Gasteiger partial charge >= 0.3 is 0 Å². The summed E-state index contributed by atoms with van der Waals surface area (Å²) in [6.07, 6.45) is 3.62. The Balaban J connectivity index is 2.19. The van der Waals surface area contributed by atoms with E-state index in [0.29, 0.717) is 0 Å². The van der Waals surface area contributed by atoms with Crippen LogP contribution in [0.25, 0.3) is 0 Å². The van der Waals surface area contributed by atoms with E-state index in [-0.39, 0.29) is 0 Å². The second kappa shape index (κ2) is 2.99. The lowest BCUT2D eigenvalue weighted by molar-refractivity contribution is 1.00. The number of hydrogen-bond donors (Lipinski definition) is 1. The Labute approximate surface area is 85.3 Å². The minimum atomic E-state index is 0.909. The van der Waals surface area contributed by atoms with E-state index in [2.05, 4.69) is 27.3 Å². The Morgan fingerprint density at radius 1 is 1.21 bits per heavy atom. The van der Waals surface area contributed by atoms with Crippen molar-refractivity contribution in [3.8, 4) is 0 Å². The fraction of sp³-hybridized carbons (Fsp3) is 0. The zero-order valence-electron chi connectivity index (χ0n) is 7.27. The summed E-state index contributed by atoms with van der Waals surface area (Å²) in [6, 6.07) is 8.19. The lowest BCUT2D eigenvalue weighted by Crippen LogP contribution is -1.82. The summed E-state index contributed by atoms with van der Waals surface area (Å²) < 4.78 is 0. The number of nitrogens with one attached hydrogen (secondary N) is 1. The van der Waals surface area contributed by atoms with Crippen molar-refractivity contribution < 1.29 is 0 Å². The summed E-state index contributed by atoms with van der Waals surface area (Å²) in [5.41, 5.74) is 2.06. The fourth-order valence-electron chi connectivity index (χ4n) is 1.36. The highest BCUT2D eigenvalue weighted by Crippen LogP contribution is 2.36. The van der Waals surface area contributed by atoms with Gasteiger partial charge in [0.25, 0.3) is 0 Å². The van der Waals surface area contributed by atoms with Crippen LogP contribution >= 0.6 is 11.8 Å². The topological polar surface area (TPSA) is 41.0 Å². The molecule has 3 nitrogen and oxygen atoms in total. The molecule has 1 aliphatic rings. The Hall–Kier alpha value is -1.55. The van der Waals surface area contributed by atoms with Gasteiger partial charge in [0.2, 0.25) is 0 Å². The molecular weight excluding hydrogens is 194 g/mol. The average Bonchev–Trinajstić information content (AvgIpc) is 2.58. The summed E-state index contributed by atoms with van der Waals surface area (Å²) in [5, 5.41) is 7.90. The van der Waals surface area contributed by atoms with Crippen LogP contribution in [0.15, 0.2) is 45.4 Å². The van der Waals surface area contributed by atoms with Gasteiger partial charge in [0.05, 0.1) is 6.20 Å². The standard InChI is InChI=1S/C10H7N3S/c1-2-4-9-7(3-1)5-11-8-6-12-13-10(8)14-9/h1-6H,(H,12,13). The number of H-pyrrole nitrogens is 1. The maximum absolute atomic E-state index is 4.35. The SMILES string of the molecule is C1=Nc2cn[nH]c2Sc2ccccc21. The average molecular weight is 201 g/mol. The maximum atomic E-state index is 4.35. The maximum Gasteiger partial charge on any atom is 0.121 e. The number of aliphatic imine (C=N–C) groups is 1. The Morgan fingerprint density at radius 2 is 2.14 bits per heavy atom. The Kier molecular flexibility index (Phi) is 1.67. The van der Waals surface area contributed by atoms with Gasteiger partial charge in [-0.05, 0) is 6.07 Å². The summed E-state index contributed by atoms with van der Waals surface area (Å²) in [7, 11) is 0. The first-order valence-electron chi connectivity index (χ1n) is 4.28. The minimum Gasteiger partial charge on any atom is -0.269 e. The van der Waals surface area contributed by atoms with Crippen LogP contribution in [0.3, 0.4) is 0 Å². The summed E-state index contributed by atoms with van der Waals surface area (Å²) in [5.74, 6) is 0. The number of rotatable bonds is 0. The van der Waals surface area contributed by atoms with Crippen molar-refractivity contribution in [2.24, 2.45) is 4.99 Å². The fourth-order valence-corrected chi connectivity index (χ4v) is 2.28. The van der Waals surface area contributed by atoms with Crippen molar-refractivity contribution in [2.45, 2.75) is 9.92 Å². The highest BCUT2D eigenvalue weighted by Gasteiger charge is 2.11. The van der Waals surface area contributed by atoms with E-state index in [1.165, 1.54) is 4.90 Å². The number of benzene rings is 1. The minimum absolute atomic E-state index is 0.909. The summed E-state index contributed by atoms with van der Waals surface area (Å²) in [6.45, 7) is 0. The first kappa shape index (κ1) is 7.82. The molecule has 3 rings (SSSR count). The van der Waals surface area contributed by atoms with E-state index in [1.807, 2.05) is 18.3 Å². The molecule has 0 unspecified atom stereocenters. The molecule has 0 saturated heterocycles. The van der Waals surface area contributed by atoms with Crippen molar-refractivity contribution in [3.63, 3.8) is 0 Å². The molecule has 1 aromatic heterocycles. The smallest absolute Gasteiger partial charge is 0.121 e. The van der Waals surface area contributed by atoms with Crippen LogP contribution in [-0.4, -0.2) is 16.4 Å². The predicted molar refractivity (Wildman–Crippen MR) is 56.4 cm³/mol. The number of aromatic amines is 1. The Morgan fingerprint density at radius 3 is 3.14 bits per heavy atom. The van der Waals surface area contributed by atoms with Gasteiger partial charge < -0.3 is 0 Å². The van der Waals surface area contributed by atoms with Crippen LogP contribution in [0.5, 0.6) is 0 Å². The van der Waals surface area contributed by atoms with Crippen LogP contribution < -0.4 is 0 Å². The second-order valence-corrected chi connectivity index (χ2v) is 4.03. The zero-order chi connectivity index (χ0) is 9.38. The van der Waals surface area contributed by atoms with Crippen LogP contribution in [0.4, 0.5) is 5.69 Å². The molecule has 0 atom stereocenters. The third-order valence-electron chi connectivity index (χ3n) is 2.06. The van der Waals surface area contributed by atoms with Gasteiger partial charge in [-0.3, -0.25) is 10.1 Å². The molecule has 0 saturated carbocycles. The second-order valence-electron chi connectivity index (χ2n) is 2.98. The molecule has 68 valence electrons. The number of aromatic nitrogens is 2. The van der Waals surface area contributed by atoms with E-state index >= 15 is 0 Å². The molecule has 0 fully saturated rings. The van der Waals surface area contributed by atoms with Crippen molar-refractivity contribution in [3.05, 3.63) is 36.0 Å². The van der Waals surface area contributed by atoms with Gasteiger partial charge in [0.1, 0.15) is 10.7 Å². The Bertz CT molecular complexity index is 502. The third kappa shape index (κ3) is 1.15. The first-order chi connectivity index (χ1) is 6.93. The van der Waals surface area contributed by atoms with E-state index in [9.17, 15) is 0 Å². The van der Waals surface area contributed by atoms with Crippen molar-refractivity contribution in [1.29, 1.82) is 0 Å². The van der Waals surface area contributed by atoms with Gasteiger partial charge in [0, 0.05) is 16.7 Å². The van der Waals surface area contributed by atoms with Crippen molar-refractivity contribution in [2.75, 3.05) is 0 Å². The summed E-state index contributed by atoms with van der Waals surface area (Å²) >= 11 is 1.67. The lowest BCUT2D eigenvalue weighted by atomic mass is 10.2. The number of hydrogen-bond acceptors (Lipinski definition) is 3. The monoisotopic (exact) mass is 201 g/mol. The van der Waals surface area contributed by atoms with Crippen molar-refractivity contribution >= 4 is 23.7 Å². The van der Waals surface area contributed by atoms with Crippen LogP contribution in [-0.2, 0) is 0 Å². The number of fused-ring (bicyclic) bond motifs is 2. The molecule has 0 spiro atoms. The van der Waals surface area contributed by atoms with Gasteiger partial charge in [-0.2, -0.15) is 5.10 Å². The van der Waals surface area contributed by atoms with E-state index in [0.717, 1.165) is 16.3 Å². The molecule has 4 heteroatoms. The first-order valence-corrected chi connectivity index (χ1v) is 5.09. The van der Waals surface area contributed by atoms with Crippen LogP contribution in [0.2, 0.25) is 0 Å². The molecule has 0 bridgehead atoms. The zero-order valence-corrected chi connectivity index (χ0v) is 8.08. The molecule has 1 N–H and O–H groups in total.